The summed E-state index contributed by atoms with van der Waals surface area (Å²) in [7, 11) is 0. The van der Waals surface area contributed by atoms with Gasteiger partial charge in [-0.2, -0.15) is 0 Å². The van der Waals surface area contributed by atoms with Crippen molar-refractivity contribution in [2.45, 2.75) is 31.8 Å². The fraction of sp³-hybridized carbons (Fsp3) is 1.00. The molecule has 3 heteroatoms. The van der Waals surface area contributed by atoms with Gasteiger partial charge in [-0.05, 0) is 31.6 Å². The van der Waals surface area contributed by atoms with Crippen molar-refractivity contribution < 1.29 is 4.74 Å². The van der Waals surface area contributed by atoms with Crippen molar-refractivity contribution in [2.24, 2.45) is 11.8 Å². The molecule has 1 aliphatic carbocycles. The maximum absolute atomic E-state index is 5.77. The normalized spacial score (nSPS) is 27.8. The molecule has 0 aromatic heterocycles. The molecule has 0 atom stereocenters. The lowest BCUT2D eigenvalue weighted by Crippen LogP contribution is -2.41. The van der Waals surface area contributed by atoms with Crippen molar-refractivity contribution in [3.05, 3.63) is 0 Å². The molecular weight excluding hydrogens is 152 g/mol. The van der Waals surface area contributed by atoms with Crippen LogP contribution in [0.2, 0.25) is 0 Å². The summed E-state index contributed by atoms with van der Waals surface area (Å²) in [5.41, 5.74) is 0. The third-order valence-electron chi connectivity index (χ3n) is 2.74. The van der Waals surface area contributed by atoms with Crippen LogP contribution in [0.3, 0.4) is 0 Å². The minimum atomic E-state index is 0.491. The van der Waals surface area contributed by atoms with Crippen LogP contribution in [-0.4, -0.2) is 30.8 Å². The molecule has 1 saturated carbocycles. The molecule has 0 spiro atoms. The molecule has 3 nitrogen and oxygen atoms in total. The first-order valence-electron chi connectivity index (χ1n) is 4.96. The highest BCUT2D eigenvalue weighted by Gasteiger charge is 2.24. The maximum Gasteiger partial charge on any atom is 0.0600 e. The second kappa shape index (κ2) is 3.73. The lowest BCUT2D eigenvalue weighted by atomic mass is 10.1. The number of piperidine rings is 1. The van der Waals surface area contributed by atoms with Gasteiger partial charge < -0.3 is 4.74 Å². The summed E-state index contributed by atoms with van der Waals surface area (Å²) in [5, 5.41) is 1.89. The number of nitrogens with two attached hydrogens (primary N) is 1. The minimum absolute atomic E-state index is 0.491. The molecule has 1 aliphatic heterocycles. The summed E-state index contributed by atoms with van der Waals surface area (Å²) in [6.07, 6.45) is 5.49. The average Bonchev–Trinajstić information content (AvgIpc) is 2.87. The predicted octanol–water partition coefficient (Wildman–Crippen LogP) is 0.751. The third-order valence-corrected chi connectivity index (χ3v) is 2.74. The van der Waals surface area contributed by atoms with E-state index in [0.717, 1.165) is 38.5 Å². The fourth-order valence-corrected chi connectivity index (χ4v) is 1.60. The number of rotatable bonds is 3. The van der Waals surface area contributed by atoms with Gasteiger partial charge in [-0.15, -0.1) is 0 Å². The first kappa shape index (κ1) is 8.48. The van der Waals surface area contributed by atoms with E-state index >= 15 is 0 Å². The van der Waals surface area contributed by atoms with E-state index in [-0.39, 0.29) is 0 Å². The van der Waals surface area contributed by atoms with E-state index in [1.54, 1.807) is 0 Å². The molecule has 1 heterocycles. The average molecular weight is 170 g/mol. The molecule has 2 aliphatic rings. The number of ether oxygens (including phenoxy) is 1. The van der Waals surface area contributed by atoms with Crippen molar-refractivity contribution in [1.82, 2.24) is 5.01 Å². The van der Waals surface area contributed by atoms with E-state index in [1.165, 1.54) is 12.8 Å². The Hall–Kier alpha value is -0.120. The van der Waals surface area contributed by atoms with Gasteiger partial charge in [0.2, 0.25) is 0 Å². The second-order valence-electron chi connectivity index (χ2n) is 4.01. The number of hydrogen-bond donors (Lipinski definition) is 1. The Morgan fingerprint density at radius 2 is 1.83 bits per heavy atom. The molecular formula is C9H18N2O. The Kier molecular flexibility index (Phi) is 2.63. The fourth-order valence-electron chi connectivity index (χ4n) is 1.60. The molecule has 12 heavy (non-hydrogen) atoms. The molecule has 0 aromatic rings. The van der Waals surface area contributed by atoms with Crippen molar-refractivity contribution >= 4 is 0 Å². The summed E-state index contributed by atoms with van der Waals surface area (Å²) in [6, 6.07) is 0. The zero-order valence-corrected chi connectivity index (χ0v) is 7.54. The summed E-state index contributed by atoms with van der Waals surface area (Å²) in [6.45, 7) is 2.99. The molecule has 0 aromatic carbocycles. The van der Waals surface area contributed by atoms with Crippen LogP contribution in [0.4, 0.5) is 0 Å². The highest BCUT2D eigenvalue weighted by Crippen LogP contribution is 2.29. The quantitative estimate of drug-likeness (QED) is 0.635. The van der Waals surface area contributed by atoms with Gasteiger partial charge >= 0.3 is 0 Å². The van der Waals surface area contributed by atoms with Crippen LogP contribution in [0.5, 0.6) is 0 Å². The van der Waals surface area contributed by atoms with Gasteiger partial charge in [0.05, 0.1) is 6.10 Å². The van der Waals surface area contributed by atoms with Gasteiger partial charge in [-0.1, -0.05) is 0 Å². The van der Waals surface area contributed by atoms with Gasteiger partial charge in [0.15, 0.2) is 0 Å². The van der Waals surface area contributed by atoms with Crippen LogP contribution < -0.4 is 5.84 Å². The number of hydrogen-bond acceptors (Lipinski definition) is 3. The van der Waals surface area contributed by atoms with E-state index in [2.05, 4.69) is 0 Å². The predicted molar refractivity (Wildman–Crippen MR) is 47.5 cm³/mol. The van der Waals surface area contributed by atoms with Gasteiger partial charge in [-0.3, -0.25) is 5.84 Å². The molecule has 0 amide bonds. The highest BCUT2D eigenvalue weighted by atomic mass is 16.5. The second-order valence-corrected chi connectivity index (χ2v) is 4.01. The summed E-state index contributed by atoms with van der Waals surface area (Å²) in [5.74, 6) is 6.53. The Morgan fingerprint density at radius 1 is 1.17 bits per heavy atom. The van der Waals surface area contributed by atoms with Gasteiger partial charge in [-0.25, -0.2) is 5.01 Å². The molecule has 0 radical (unpaired) electrons. The number of nitrogens with zero attached hydrogens (tertiary/aromatic N) is 1. The SMILES string of the molecule is NN1CCC(OCC2CC2)CC1. The van der Waals surface area contributed by atoms with Gasteiger partial charge in [0.1, 0.15) is 0 Å². The Balaban J connectivity index is 1.60. The first-order chi connectivity index (χ1) is 5.84. The monoisotopic (exact) mass is 170 g/mol. The minimum Gasteiger partial charge on any atom is -0.378 e. The Morgan fingerprint density at radius 3 is 2.42 bits per heavy atom. The summed E-state index contributed by atoms with van der Waals surface area (Å²) in [4.78, 5) is 0. The van der Waals surface area contributed by atoms with E-state index in [4.69, 9.17) is 10.6 Å². The van der Waals surface area contributed by atoms with Crippen LogP contribution in [0, 0.1) is 5.92 Å². The Labute approximate surface area is 73.8 Å². The first-order valence-corrected chi connectivity index (χ1v) is 4.96. The smallest absolute Gasteiger partial charge is 0.0600 e. The van der Waals surface area contributed by atoms with Gasteiger partial charge in [0, 0.05) is 19.7 Å². The standard InChI is InChI=1S/C9H18N2O/c10-11-5-3-9(4-6-11)12-7-8-1-2-8/h8-9H,1-7,10H2. The molecule has 0 bridgehead atoms. The number of hydrazine groups is 1. The molecule has 2 fully saturated rings. The maximum atomic E-state index is 5.77. The third kappa shape index (κ3) is 2.44. The van der Waals surface area contributed by atoms with Crippen molar-refractivity contribution in [3.63, 3.8) is 0 Å². The summed E-state index contributed by atoms with van der Waals surface area (Å²) >= 11 is 0. The van der Waals surface area contributed by atoms with E-state index in [0.29, 0.717) is 6.10 Å². The van der Waals surface area contributed by atoms with E-state index < -0.39 is 0 Å². The van der Waals surface area contributed by atoms with Gasteiger partial charge in [0.25, 0.3) is 0 Å². The zero-order valence-electron chi connectivity index (χ0n) is 7.54. The Bertz CT molecular complexity index is 139. The van der Waals surface area contributed by atoms with Crippen molar-refractivity contribution in [3.8, 4) is 0 Å². The van der Waals surface area contributed by atoms with Crippen molar-refractivity contribution in [2.75, 3.05) is 19.7 Å². The summed E-state index contributed by atoms with van der Waals surface area (Å²) < 4.78 is 5.77. The largest absolute Gasteiger partial charge is 0.378 e. The molecule has 2 N–H and O–H groups in total. The molecule has 0 unspecified atom stereocenters. The van der Waals surface area contributed by atoms with E-state index in [1.807, 2.05) is 5.01 Å². The van der Waals surface area contributed by atoms with Crippen molar-refractivity contribution in [1.29, 1.82) is 0 Å². The highest BCUT2D eigenvalue weighted by molar-refractivity contribution is 4.75. The van der Waals surface area contributed by atoms with Crippen LogP contribution in [-0.2, 0) is 4.74 Å². The lowest BCUT2D eigenvalue weighted by molar-refractivity contribution is 0.00233. The van der Waals surface area contributed by atoms with Crippen LogP contribution in [0.1, 0.15) is 25.7 Å². The van der Waals surface area contributed by atoms with Crippen LogP contribution >= 0.6 is 0 Å². The molecule has 1 saturated heterocycles. The topological polar surface area (TPSA) is 38.5 Å². The van der Waals surface area contributed by atoms with E-state index in [9.17, 15) is 0 Å². The molecule has 70 valence electrons. The molecule has 2 rings (SSSR count). The zero-order chi connectivity index (χ0) is 8.39. The van der Waals surface area contributed by atoms with Crippen LogP contribution in [0.25, 0.3) is 0 Å². The van der Waals surface area contributed by atoms with Crippen LogP contribution in [0.15, 0.2) is 0 Å². The lowest BCUT2D eigenvalue weighted by Gasteiger charge is -2.28.